The van der Waals surface area contributed by atoms with E-state index >= 15 is 0 Å². The van der Waals surface area contributed by atoms with Crippen molar-refractivity contribution in [2.75, 3.05) is 46.4 Å². The summed E-state index contributed by atoms with van der Waals surface area (Å²) in [4.78, 5) is 4.77. The van der Waals surface area contributed by atoms with E-state index in [4.69, 9.17) is 22.1 Å². The Kier molecular flexibility index (Phi) is 7.42. The zero-order valence-corrected chi connectivity index (χ0v) is 18.0. The van der Waals surface area contributed by atoms with Crippen LogP contribution in [0, 0.1) is 13.8 Å². The van der Waals surface area contributed by atoms with Crippen LogP contribution in [0.3, 0.4) is 0 Å². The van der Waals surface area contributed by atoms with Crippen LogP contribution in [0.2, 0.25) is 0 Å². The van der Waals surface area contributed by atoms with Gasteiger partial charge >= 0.3 is 0 Å². The number of thiocarbonyl (C=S) groups is 1. The molecule has 0 saturated carbocycles. The fourth-order valence-electron chi connectivity index (χ4n) is 3.58. The van der Waals surface area contributed by atoms with Crippen molar-refractivity contribution in [3.05, 3.63) is 47.3 Å². The minimum Gasteiger partial charge on any atom is -0.385 e. The lowest BCUT2D eigenvalue weighted by molar-refractivity contribution is 0.173. The van der Waals surface area contributed by atoms with Gasteiger partial charge in [-0.1, -0.05) is 18.2 Å². The monoisotopic (exact) mass is 401 g/mol. The van der Waals surface area contributed by atoms with Gasteiger partial charge in [-0.25, -0.2) is 4.68 Å². The van der Waals surface area contributed by atoms with Crippen LogP contribution in [0.5, 0.6) is 0 Å². The average molecular weight is 402 g/mol. The van der Waals surface area contributed by atoms with E-state index in [1.54, 1.807) is 7.11 Å². The maximum absolute atomic E-state index is 5.53. The summed E-state index contributed by atoms with van der Waals surface area (Å²) in [5, 5.41) is 8.97. The Bertz CT molecular complexity index is 769. The third-order valence-corrected chi connectivity index (χ3v) is 5.69. The molecule has 1 aliphatic heterocycles. The van der Waals surface area contributed by atoms with Gasteiger partial charge in [-0.3, -0.25) is 4.90 Å². The molecule has 7 heteroatoms. The fourth-order valence-corrected chi connectivity index (χ4v) is 3.87. The number of nitrogens with zero attached hydrogens (tertiary/aromatic N) is 4. The standard InChI is InChI=1S/C21H31N5OS/c1-17-20(18(2)26(23-17)19-8-5-4-6-9-19)16-24-11-13-25(14-12-24)21(28)22-10-7-15-27-3/h4-6,8-9H,7,10-16H2,1-3H3,(H,22,28). The summed E-state index contributed by atoms with van der Waals surface area (Å²) >= 11 is 5.53. The first-order chi connectivity index (χ1) is 13.6. The molecule has 0 atom stereocenters. The summed E-state index contributed by atoms with van der Waals surface area (Å²) in [6.45, 7) is 10.8. The van der Waals surface area contributed by atoms with Crippen LogP contribution in [0.25, 0.3) is 5.69 Å². The Morgan fingerprint density at radius 3 is 2.54 bits per heavy atom. The van der Waals surface area contributed by atoms with E-state index in [1.165, 1.54) is 11.3 Å². The number of hydrogen-bond donors (Lipinski definition) is 1. The highest BCUT2D eigenvalue weighted by atomic mass is 32.1. The lowest BCUT2D eigenvalue weighted by Crippen LogP contribution is -2.51. The number of benzene rings is 1. The topological polar surface area (TPSA) is 45.6 Å². The number of aromatic nitrogens is 2. The van der Waals surface area contributed by atoms with Gasteiger partial charge in [0, 0.05) is 64.2 Å². The zero-order chi connectivity index (χ0) is 19.9. The number of nitrogens with one attached hydrogen (secondary N) is 1. The van der Waals surface area contributed by atoms with E-state index in [-0.39, 0.29) is 0 Å². The predicted octanol–water partition coefficient (Wildman–Crippen LogP) is 2.52. The van der Waals surface area contributed by atoms with Gasteiger partial charge < -0.3 is 15.0 Å². The number of aryl methyl sites for hydroxylation is 1. The summed E-state index contributed by atoms with van der Waals surface area (Å²) in [6.07, 6.45) is 0.973. The summed E-state index contributed by atoms with van der Waals surface area (Å²) in [5.74, 6) is 0. The van der Waals surface area contributed by atoms with Crippen molar-refractivity contribution in [1.29, 1.82) is 0 Å². The van der Waals surface area contributed by atoms with Crippen LogP contribution >= 0.6 is 12.2 Å². The second-order valence-corrected chi connectivity index (χ2v) is 7.62. The maximum Gasteiger partial charge on any atom is 0.169 e. The molecule has 1 N–H and O–H groups in total. The van der Waals surface area contributed by atoms with Crippen molar-refractivity contribution >= 4 is 17.3 Å². The largest absolute Gasteiger partial charge is 0.385 e. The Morgan fingerprint density at radius 2 is 1.86 bits per heavy atom. The summed E-state index contributed by atoms with van der Waals surface area (Å²) in [7, 11) is 1.73. The van der Waals surface area contributed by atoms with Crippen molar-refractivity contribution in [3.8, 4) is 5.69 Å². The van der Waals surface area contributed by atoms with Gasteiger partial charge in [0.05, 0.1) is 11.4 Å². The molecule has 1 saturated heterocycles. The molecule has 1 aliphatic rings. The number of ether oxygens (including phenoxy) is 1. The third kappa shape index (κ3) is 5.10. The normalized spacial score (nSPS) is 15.0. The highest BCUT2D eigenvalue weighted by molar-refractivity contribution is 7.80. The van der Waals surface area contributed by atoms with Gasteiger partial charge in [0.25, 0.3) is 0 Å². The molecule has 6 nitrogen and oxygen atoms in total. The van der Waals surface area contributed by atoms with Gasteiger partial charge in [-0.05, 0) is 44.6 Å². The van der Waals surface area contributed by atoms with Crippen LogP contribution in [0.1, 0.15) is 23.4 Å². The van der Waals surface area contributed by atoms with Gasteiger partial charge in [0.15, 0.2) is 5.11 Å². The molecule has 0 amide bonds. The molecule has 0 bridgehead atoms. The molecule has 1 aromatic heterocycles. The highest BCUT2D eigenvalue weighted by Crippen LogP contribution is 2.20. The first-order valence-corrected chi connectivity index (χ1v) is 10.4. The Labute approximate surface area is 173 Å². The van der Waals surface area contributed by atoms with Crippen molar-refractivity contribution in [2.24, 2.45) is 0 Å². The minimum absolute atomic E-state index is 0.763. The number of rotatable bonds is 7. The number of para-hydroxylation sites is 1. The average Bonchev–Trinajstić information content (AvgIpc) is 3.00. The minimum atomic E-state index is 0.763. The van der Waals surface area contributed by atoms with E-state index in [1.807, 2.05) is 6.07 Å². The Morgan fingerprint density at radius 1 is 1.14 bits per heavy atom. The summed E-state index contributed by atoms with van der Waals surface area (Å²) in [6, 6.07) is 10.3. The van der Waals surface area contributed by atoms with Crippen molar-refractivity contribution in [2.45, 2.75) is 26.8 Å². The quantitative estimate of drug-likeness (QED) is 0.568. The number of methoxy groups -OCH3 is 1. The molecule has 1 fully saturated rings. The number of piperazine rings is 1. The molecule has 28 heavy (non-hydrogen) atoms. The summed E-state index contributed by atoms with van der Waals surface area (Å²) < 4.78 is 7.13. The van der Waals surface area contributed by atoms with Gasteiger partial charge in [-0.2, -0.15) is 5.10 Å². The van der Waals surface area contributed by atoms with Crippen LogP contribution in [-0.4, -0.2) is 71.1 Å². The van der Waals surface area contributed by atoms with Gasteiger partial charge in [0.1, 0.15) is 0 Å². The Balaban J connectivity index is 1.54. The van der Waals surface area contributed by atoms with E-state index < -0.39 is 0 Å². The van der Waals surface area contributed by atoms with E-state index in [0.29, 0.717) is 0 Å². The predicted molar refractivity (Wildman–Crippen MR) is 117 cm³/mol. The summed E-state index contributed by atoms with van der Waals surface area (Å²) in [5.41, 5.74) is 4.78. The van der Waals surface area contributed by atoms with Crippen LogP contribution in [-0.2, 0) is 11.3 Å². The second-order valence-electron chi connectivity index (χ2n) is 7.24. The van der Waals surface area contributed by atoms with Crippen LogP contribution in [0.4, 0.5) is 0 Å². The molecule has 0 spiro atoms. The molecule has 0 radical (unpaired) electrons. The Hall–Kier alpha value is -1.96. The molecule has 1 aromatic carbocycles. The van der Waals surface area contributed by atoms with Crippen LogP contribution in [0.15, 0.2) is 30.3 Å². The molecular formula is C21H31N5OS. The van der Waals surface area contributed by atoms with E-state index in [9.17, 15) is 0 Å². The molecule has 152 valence electrons. The van der Waals surface area contributed by atoms with Crippen molar-refractivity contribution in [3.63, 3.8) is 0 Å². The maximum atomic E-state index is 5.53. The second kappa shape index (κ2) is 10.0. The third-order valence-electron chi connectivity index (χ3n) is 5.28. The first kappa shape index (κ1) is 20.8. The fraction of sp³-hybridized carbons (Fsp3) is 0.524. The highest BCUT2D eigenvalue weighted by Gasteiger charge is 2.21. The molecule has 0 unspecified atom stereocenters. The zero-order valence-electron chi connectivity index (χ0n) is 17.1. The van der Waals surface area contributed by atoms with Crippen molar-refractivity contribution in [1.82, 2.24) is 24.9 Å². The first-order valence-electron chi connectivity index (χ1n) is 9.94. The van der Waals surface area contributed by atoms with Crippen molar-refractivity contribution < 1.29 is 4.74 Å². The van der Waals surface area contributed by atoms with Gasteiger partial charge in [0.2, 0.25) is 0 Å². The number of hydrogen-bond acceptors (Lipinski definition) is 4. The van der Waals surface area contributed by atoms with Crippen LogP contribution < -0.4 is 5.32 Å². The van der Waals surface area contributed by atoms with E-state index in [2.05, 4.69) is 57.9 Å². The molecule has 3 rings (SSSR count). The smallest absolute Gasteiger partial charge is 0.169 e. The molecule has 0 aliphatic carbocycles. The van der Waals surface area contributed by atoms with Gasteiger partial charge in [-0.15, -0.1) is 0 Å². The molecular weight excluding hydrogens is 370 g/mol. The van der Waals surface area contributed by atoms with E-state index in [0.717, 1.165) is 68.8 Å². The lowest BCUT2D eigenvalue weighted by atomic mass is 10.1. The lowest BCUT2D eigenvalue weighted by Gasteiger charge is -2.36. The molecule has 2 heterocycles. The molecule has 2 aromatic rings. The SMILES string of the molecule is COCCCNC(=S)N1CCN(Cc2c(C)nn(-c3ccccc3)c2C)CC1.